The standard InChI is InChI=1S/C17H21ClO2/c18-16(11-12-17(19)20)15-9-7-14(8-10-15)13-5-3-1-2-4-6-13/h5,7-10,16H,1-4,6,11-12H2,(H,19,20). The molecule has 0 aliphatic heterocycles. The third kappa shape index (κ3) is 4.38. The fraction of sp³-hybridized carbons (Fsp3) is 0.471. The number of hydrogen-bond acceptors (Lipinski definition) is 1. The fourth-order valence-electron chi connectivity index (χ4n) is 2.60. The molecule has 1 unspecified atom stereocenters. The first kappa shape index (κ1) is 15.1. The van der Waals surface area contributed by atoms with Crippen molar-refractivity contribution in [3.63, 3.8) is 0 Å². The minimum absolute atomic E-state index is 0.112. The second-order valence-electron chi connectivity index (χ2n) is 5.35. The Morgan fingerprint density at radius 3 is 2.65 bits per heavy atom. The Bertz CT molecular complexity index is 476. The summed E-state index contributed by atoms with van der Waals surface area (Å²) in [4.78, 5) is 10.6. The molecule has 20 heavy (non-hydrogen) atoms. The van der Waals surface area contributed by atoms with Crippen LogP contribution in [0.5, 0.6) is 0 Å². The summed E-state index contributed by atoms with van der Waals surface area (Å²) in [5.74, 6) is -0.795. The van der Waals surface area contributed by atoms with Crippen LogP contribution in [0.3, 0.4) is 0 Å². The Labute approximate surface area is 125 Å². The van der Waals surface area contributed by atoms with E-state index in [9.17, 15) is 4.79 Å². The van der Waals surface area contributed by atoms with Crippen LogP contribution in [0, 0.1) is 0 Å². The second kappa shape index (κ2) is 7.49. The van der Waals surface area contributed by atoms with Crippen LogP contribution in [-0.2, 0) is 4.79 Å². The first-order valence-electron chi connectivity index (χ1n) is 7.32. The SMILES string of the molecule is O=C(O)CCC(Cl)c1ccc(C2=CCCCCC2)cc1. The summed E-state index contributed by atoms with van der Waals surface area (Å²) in [5.41, 5.74) is 3.72. The van der Waals surface area contributed by atoms with Gasteiger partial charge in [0.15, 0.2) is 0 Å². The van der Waals surface area contributed by atoms with Crippen molar-refractivity contribution < 1.29 is 9.90 Å². The van der Waals surface area contributed by atoms with Gasteiger partial charge in [0.2, 0.25) is 0 Å². The molecular weight excluding hydrogens is 272 g/mol. The zero-order valence-electron chi connectivity index (χ0n) is 11.6. The van der Waals surface area contributed by atoms with Crippen molar-refractivity contribution in [2.75, 3.05) is 0 Å². The molecule has 0 amide bonds. The van der Waals surface area contributed by atoms with Crippen LogP contribution in [0.1, 0.15) is 61.4 Å². The summed E-state index contributed by atoms with van der Waals surface area (Å²) in [6.45, 7) is 0. The molecule has 0 bridgehead atoms. The highest BCUT2D eigenvalue weighted by atomic mass is 35.5. The lowest BCUT2D eigenvalue weighted by Crippen LogP contribution is -1.98. The summed E-state index contributed by atoms with van der Waals surface area (Å²) < 4.78 is 0. The van der Waals surface area contributed by atoms with Gasteiger partial charge in [-0.3, -0.25) is 4.79 Å². The zero-order chi connectivity index (χ0) is 14.4. The molecule has 0 fully saturated rings. The van der Waals surface area contributed by atoms with Crippen molar-refractivity contribution in [2.24, 2.45) is 0 Å². The molecule has 0 spiro atoms. The molecule has 0 radical (unpaired) electrons. The highest BCUT2D eigenvalue weighted by molar-refractivity contribution is 6.20. The average Bonchev–Trinajstić information content (AvgIpc) is 2.74. The molecular formula is C17H21ClO2. The second-order valence-corrected chi connectivity index (χ2v) is 5.88. The number of allylic oxidation sites excluding steroid dienone is 2. The normalized spacial score (nSPS) is 17.1. The number of aliphatic carboxylic acids is 1. The van der Waals surface area contributed by atoms with E-state index in [2.05, 4.69) is 18.2 Å². The Hall–Kier alpha value is -1.28. The highest BCUT2D eigenvalue weighted by Gasteiger charge is 2.11. The molecule has 0 heterocycles. The minimum atomic E-state index is -0.795. The van der Waals surface area contributed by atoms with Gasteiger partial charge in [0.1, 0.15) is 0 Å². The maximum absolute atomic E-state index is 10.6. The van der Waals surface area contributed by atoms with Crippen molar-refractivity contribution >= 4 is 23.1 Å². The summed E-state index contributed by atoms with van der Waals surface area (Å²) in [6.07, 6.45) is 9.14. The number of carboxylic acid groups (broad SMARTS) is 1. The number of benzene rings is 1. The molecule has 1 aliphatic rings. The van der Waals surface area contributed by atoms with Crippen LogP contribution in [0.4, 0.5) is 0 Å². The van der Waals surface area contributed by atoms with Crippen LogP contribution in [0.15, 0.2) is 30.3 Å². The summed E-state index contributed by atoms with van der Waals surface area (Å²) in [6, 6.07) is 8.28. The van der Waals surface area contributed by atoms with Crippen molar-refractivity contribution in [1.29, 1.82) is 0 Å². The van der Waals surface area contributed by atoms with Gasteiger partial charge in [0.25, 0.3) is 0 Å². The van der Waals surface area contributed by atoms with E-state index in [1.165, 1.54) is 36.8 Å². The predicted molar refractivity (Wildman–Crippen MR) is 83.0 cm³/mol. The number of carbonyl (C=O) groups is 1. The minimum Gasteiger partial charge on any atom is -0.481 e. The zero-order valence-corrected chi connectivity index (χ0v) is 12.4. The van der Waals surface area contributed by atoms with Crippen molar-refractivity contribution in [3.8, 4) is 0 Å². The van der Waals surface area contributed by atoms with E-state index in [0.717, 1.165) is 12.0 Å². The van der Waals surface area contributed by atoms with Gasteiger partial charge in [-0.15, -0.1) is 11.6 Å². The first-order valence-corrected chi connectivity index (χ1v) is 7.75. The van der Waals surface area contributed by atoms with Gasteiger partial charge in [-0.25, -0.2) is 0 Å². The molecule has 0 saturated carbocycles. The first-order chi connectivity index (χ1) is 9.66. The van der Waals surface area contributed by atoms with E-state index in [1.54, 1.807) is 0 Å². The molecule has 1 aromatic carbocycles. The predicted octanol–water partition coefficient (Wildman–Crippen LogP) is 5.18. The quantitative estimate of drug-likeness (QED) is 0.759. The van der Waals surface area contributed by atoms with E-state index in [1.807, 2.05) is 12.1 Å². The van der Waals surface area contributed by atoms with Gasteiger partial charge in [-0.05, 0) is 48.8 Å². The molecule has 0 aromatic heterocycles. The lowest BCUT2D eigenvalue weighted by atomic mass is 9.98. The molecule has 1 atom stereocenters. The Morgan fingerprint density at radius 2 is 1.95 bits per heavy atom. The molecule has 108 valence electrons. The molecule has 3 heteroatoms. The molecule has 0 saturated heterocycles. The van der Waals surface area contributed by atoms with Crippen molar-refractivity contribution in [1.82, 2.24) is 0 Å². The van der Waals surface area contributed by atoms with Gasteiger partial charge in [-0.1, -0.05) is 36.8 Å². The lowest BCUT2D eigenvalue weighted by molar-refractivity contribution is -0.137. The third-order valence-corrected chi connectivity index (χ3v) is 4.27. The summed E-state index contributed by atoms with van der Waals surface area (Å²) in [7, 11) is 0. The third-order valence-electron chi connectivity index (χ3n) is 3.80. The van der Waals surface area contributed by atoms with Gasteiger partial charge >= 0.3 is 5.97 Å². The lowest BCUT2D eigenvalue weighted by Gasteiger charge is -2.11. The van der Waals surface area contributed by atoms with Gasteiger partial charge in [0, 0.05) is 6.42 Å². The molecule has 1 N–H and O–H groups in total. The van der Waals surface area contributed by atoms with Crippen LogP contribution in [-0.4, -0.2) is 11.1 Å². The molecule has 1 aliphatic carbocycles. The number of rotatable bonds is 5. The number of alkyl halides is 1. The Morgan fingerprint density at radius 1 is 1.20 bits per heavy atom. The van der Waals surface area contributed by atoms with Crippen LogP contribution >= 0.6 is 11.6 Å². The number of carboxylic acids is 1. The number of halogens is 1. The monoisotopic (exact) mass is 292 g/mol. The average molecular weight is 293 g/mol. The van der Waals surface area contributed by atoms with E-state index in [-0.39, 0.29) is 11.8 Å². The fourth-order valence-corrected chi connectivity index (χ4v) is 2.85. The van der Waals surface area contributed by atoms with Crippen LogP contribution in [0.2, 0.25) is 0 Å². The van der Waals surface area contributed by atoms with Crippen LogP contribution in [0.25, 0.3) is 5.57 Å². The maximum Gasteiger partial charge on any atom is 0.303 e. The van der Waals surface area contributed by atoms with E-state index < -0.39 is 5.97 Å². The summed E-state index contributed by atoms with van der Waals surface area (Å²) >= 11 is 6.24. The number of hydrogen-bond donors (Lipinski definition) is 1. The topological polar surface area (TPSA) is 37.3 Å². The van der Waals surface area contributed by atoms with Gasteiger partial charge in [0.05, 0.1) is 5.38 Å². The van der Waals surface area contributed by atoms with E-state index in [0.29, 0.717) is 6.42 Å². The highest BCUT2D eigenvalue weighted by Crippen LogP contribution is 2.29. The largest absolute Gasteiger partial charge is 0.481 e. The molecule has 1 aromatic rings. The Kier molecular flexibility index (Phi) is 5.66. The molecule has 2 nitrogen and oxygen atoms in total. The van der Waals surface area contributed by atoms with E-state index >= 15 is 0 Å². The van der Waals surface area contributed by atoms with Crippen LogP contribution < -0.4 is 0 Å². The summed E-state index contributed by atoms with van der Waals surface area (Å²) in [5, 5.41) is 8.46. The maximum atomic E-state index is 10.6. The van der Waals surface area contributed by atoms with Crippen molar-refractivity contribution in [3.05, 3.63) is 41.5 Å². The smallest absolute Gasteiger partial charge is 0.303 e. The Balaban J connectivity index is 2.01. The van der Waals surface area contributed by atoms with Crippen molar-refractivity contribution in [2.45, 2.75) is 50.3 Å². The van der Waals surface area contributed by atoms with Gasteiger partial charge < -0.3 is 5.11 Å². The van der Waals surface area contributed by atoms with Gasteiger partial charge in [-0.2, -0.15) is 0 Å². The molecule has 2 rings (SSSR count). The van der Waals surface area contributed by atoms with E-state index in [4.69, 9.17) is 16.7 Å².